The van der Waals surface area contributed by atoms with Crippen molar-refractivity contribution >= 4 is 41.0 Å². The van der Waals surface area contributed by atoms with Gasteiger partial charge in [-0.05, 0) is 54.7 Å². The molecule has 2 N–H and O–H groups in total. The molecule has 226 valence electrons. The van der Waals surface area contributed by atoms with Crippen molar-refractivity contribution in [2.45, 2.75) is 32.0 Å². The van der Waals surface area contributed by atoms with Gasteiger partial charge >= 0.3 is 12.6 Å². The van der Waals surface area contributed by atoms with Crippen LogP contribution in [-0.4, -0.2) is 42.4 Å². The van der Waals surface area contributed by atoms with Crippen molar-refractivity contribution < 1.29 is 46.9 Å². The van der Waals surface area contributed by atoms with Crippen molar-refractivity contribution in [3.05, 3.63) is 86.3 Å². The fourth-order valence-electron chi connectivity index (χ4n) is 4.47. The van der Waals surface area contributed by atoms with E-state index in [1.165, 1.54) is 36.4 Å². The Kier molecular flexibility index (Phi) is 8.85. The highest BCUT2D eigenvalue weighted by Crippen LogP contribution is 2.38. The molecule has 1 fully saturated rings. The molecule has 2 aliphatic rings. The van der Waals surface area contributed by atoms with Crippen LogP contribution in [-0.2, 0) is 16.0 Å². The number of ether oxygens (including phenoxy) is 3. The Morgan fingerprint density at radius 2 is 1.74 bits per heavy atom. The maximum absolute atomic E-state index is 13.2. The van der Waals surface area contributed by atoms with Crippen molar-refractivity contribution in [2.24, 2.45) is 11.8 Å². The molecule has 0 radical (unpaired) electrons. The van der Waals surface area contributed by atoms with Crippen molar-refractivity contribution in [1.29, 1.82) is 0 Å². The highest BCUT2D eigenvalue weighted by atomic mass is 35.5. The smallest absolute Gasteiger partial charge is 0.387 e. The van der Waals surface area contributed by atoms with Crippen LogP contribution >= 0.6 is 23.2 Å². The summed E-state index contributed by atoms with van der Waals surface area (Å²) in [7, 11) is 0. The third-order valence-electron chi connectivity index (χ3n) is 6.81. The lowest BCUT2D eigenvalue weighted by Crippen LogP contribution is -2.36. The number of esters is 1. The molecular formula is C28H23Cl2F2N3O8. The highest BCUT2D eigenvalue weighted by Gasteiger charge is 2.38. The molecule has 2 aromatic carbocycles. The van der Waals surface area contributed by atoms with Crippen LogP contribution < -0.4 is 24.9 Å². The zero-order chi connectivity index (χ0) is 30.8. The first kappa shape index (κ1) is 30.3. The molecule has 3 aromatic rings. The number of aromatic nitrogens is 1. The number of hydrogen-bond acceptors (Lipinski definition) is 9. The molecule has 0 saturated heterocycles. The van der Waals surface area contributed by atoms with Crippen LogP contribution in [0.4, 0.5) is 8.78 Å². The van der Waals surface area contributed by atoms with Crippen molar-refractivity contribution in [3.8, 4) is 17.2 Å². The number of imide groups is 1. The molecule has 11 nitrogen and oxygen atoms in total. The van der Waals surface area contributed by atoms with Crippen LogP contribution in [0.25, 0.3) is 0 Å². The Labute approximate surface area is 253 Å². The van der Waals surface area contributed by atoms with E-state index in [9.17, 15) is 28.4 Å². The number of carbonyl (C=O) groups excluding carboxylic acids is 3. The molecule has 0 unspecified atom stereocenters. The lowest BCUT2D eigenvalue weighted by Gasteiger charge is -2.22. The van der Waals surface area contributed by atoms with Gasteiger partial charge in [0.1, 0.15) is 28.4 Å². The minimum absolute atomic E-state index is 0.00172. The zero-order valence-corrected chi connectivity index (χ0v) is 23.6. The molecule has 15 heteroatoms. The van der Waals surface area contributed by atoms with E-state index in [0.717, 1.165) is 25.2 Å². The van der Waals surface area contributed by atoms with Gasteiger partial charge in [0.05, 0.1) is 17.7 Å². The molecular weight excluding hydrogens is 615 g/mol. The van der Waals surface area contributed by atoms with E-state index in [1.54, 1.807) is 0 Å². The van der Waals surface area contributed by atoms with Gasteiger partial charge in [-0.3, -0.25) is 19.3 Å². The maximum atomic E-state index is 13.2. The Balaban J connectivity index is 1.43. The lowest BCUT2D eigenvalue weighted by molar-refractivity contribution is -0.605. The van der Waals surface area contributed by atoms with E-state index in [1.807, 2.05) is 0 Å². The van der Waals surface area contributed by atoms with Gasteiger partial charge in [0.25, 0.3) is 11.8 Å². The number of amides is 2. The number of alkyl halides is 2. The topological polar surface area (TPSA) is 144 Å². The van der Waals surface area contributed by atoms with E-state index in [2.05, 4.69) is 9.57 Å². The van der Waals surface area contributed by atoms with Gasteiger partial charge in [-0.2, -0.15) is 19.4 Å². The van der Waals surface area contributed by atoms with Gasteiger partial charge in [-0.15, -0.1) is 0 Å². The molecule has 1 saturated carbocycles. The summed E-state index contributed by atoms with van der Waals surface area (Å²) in [5, 5.41) is 11.7. The molecule has 1 aliphatic carbocycles. The Morgan fingerprint density at radius 3 is 2.40 bits per heavy atom. The molecule has 0 spiro atoms. The van der Waals surface area contributed by atoms with E-state index in [0.29, 0.717) is 9.63 Å². The highest BCUT2D eigenvalue weighted by molar-refractivity contribution is 6.35. The number of rotatable bonds is 12. The number of hydrogen-bond donors (Lipinski definition) is 1. The molecule has 43 heavy (non-hydrogen) atoms. The van der Waals surface area contributed by atoms with Crippen molar-refractivity contribution in [3.63, 3.8) is 0 Å². The minimum Gasteiger partial charge on any atom is -0.619 e. The van der Waals surface area contributed by atoms with Crippen molar-refractivity contribution in [1.82, 2.24) is 4.90 Å². The van der Waals surface area contributed by atoms with Crippen LogP contribution in [0.15, 0.2) is 48.8 Å². The summed E-state index contributed by atoms with van der Waals surface area (Å²) in [4.78, 5) is 44.3. The third kappa shape index (κ3) is 6.90. The number of fused-ring (bicyclic) bond motifs is 1. The van der Waals surface area contributed by atoms with Crippen LogP contribution in [0.5, 0.6) is 17.2 Å². The molecule has 1 aliphatic heterocycles. The van der Waals surface area contributed by atoms with E-state index in [-0.39, 0.29) is 68.5 Å². The SMILES string of the molecule is NOc1ccc2c(c1)C(=O)N(CC(=O)O[C@@H](Cc1c(Cl)c[n+]([O-])cc1Cl)c1ccc(OC(F)F)c(OCC3CC3)c1)C2=O. The molecule has 0 bridgehead atoms. The summed E-state index contributed by atoms with van der Waals surface area (Å²) in [6, 6.07) is 8.02. The second-order valence-corrected chi connectivity index (χ2v) is 10.7. The molecule has 1 atom stereocenters. The number of pyridine rings is 1. The van der Waals surface area contributed by atoms with Crippen LogP contribution in [0, 0.1) is 11.1 Å². The predicted octanol–water partition coefficient (Wildman–Crippen LogP) is 4.39. The van der Waals surface area contributed by atoms with Gasteiger partial charge in [-0.1, -0.05) is 29.3 Å². The Hall–Kier alpha value is -4.20. The average Bonchev–Trinajstić information content (AvgIpc) is 3.76. The summed E-state index contributed by atoms with van der Waals surface area (Å²) in [5.74, 6) is 2.87. The van der Waals surface area contributed by atoms with E-state index < -0.39 is 37.0 Å². The normalized spacial score (nSPS) is 15.0. The van der Waals surface area contributed by atoms with Crippen LogP contribution in [0.1, 0.15) is 50.8 Å². The second-order valence-electron chi connectivity index (χ2n) is 9.84. The van der Waals surface area contributed by atoms with Gasteiger partial charge in [0, 0.05) is 12.0 Å². The number of halogens is 4. The summed E-state index contributed by atoms with van der Waals surface area (Å²) in [6.07, 6.45) is 2.65. The van der Waals surface area contributed by atoms with Gasteiger partial charge < -0.3 is 24.3 Å². The average molecular weight is 638 g/mol. The third-order valence-corrected chi connectivity index (χ3v) is 7.46. The minimum atomic E-state index is -3.12. The maximum Gasteiger partial charge on any atom is 0.387 e. The van der Waals surface area contributed by atoms with Gasteiger partial charge in [0.2, 0.25) is 0 Å². The first-order chi connectivity index (χ1) is 20.5. The molecule has 1 aromatic heterocycles. The first-order valence-corrected chi connectivity index (χ1v) is 13.6. The summed E-state index contributed by atoms with van der Waals surface area (Å²) < 4.78 is 42.6. The summed E-state index contributed by atoms with van der Waals surface area (Å²) in [6.45, 7) is -3.60. The standard InChI is InChI=1S/C28H23Cl2F2N3O8/c29-20-10-34(39)11-21(30)19(20)9-23(15-3-6-22(42-28(31)32)24(7-15)40-13-14-1-2-14)41-25(36)12-35-26(37)17-5-4-16(43-33)8-18(17)27(35)38/h3-8,10-11,14,23,28H,1-2,9,12-13,33H2/t23-/m0/s1. The predicted molar refractivity (Wildman–Crippen MR) is 146 cm³/mol. The lowest BCUT2D eigenvalue weighted by atomic mass is 10.0. The Morgan fingerprint density at radius 1 is 1.05 bits per heavy atom. The largest absolute Gasteiger partial charge is 0.619 e. The van der Waals surface area contributed by atoms with Crippen LogP contribution in [0.3, 0.4) is 0 Å². The Bertz CT molecular complexity index is 1560. The quantitative estimate of drug-likeness (QED) is 0.100. The number of benzene rings is 2. The van der Waals surface area contributed by atoms with Crippen molar-refractivity contribution in [2.75, 3.05) is 13.2 Å². The van der Waals surface area contributed by atoms with Gasteiger partial charge in [0.15, 0.2) is 23.9 Å². The van der Waals surface area contributed by atoms with E-state index >= 15 is 0 Å². The number of nitrogens with two attached hydrogens (primary N) is 1. The van der Waals surface area contributed by atoms with Crippen LogP contribution in [0.2, 0.25) is 10.0 Å². The monoisotopic (exact) mass is 637 g/mol. The first-order valence-electron chi connectivity index (χ1n) is 12.9. The molecule has 5 rings (SSSR count). The summed E-state index contributed by atoms with van der Waals surface area (Å²) >= 11 is 12.5. The molecule has 2 heterocycles. The molecule has 2 amide bonds. The fourth-order valence-corrected chi connectivity index (χ4v) is 5.07. The number of nitrogens with zero attached hydrogens (tertiary/aromatic N) is 2. The van der Waals surface area contributed by atoms with E-state index in [4.69, 9.17) is 38.6 Å². The number of carbonyl (C=O) groups is 3. The zero-order valence-electron chi connectivity index (χ0n) is 22.1. The van der Waals surface area contributed by atoms with Gasteiger partial charge in [-0.25, -0.2) is 0 Å². The fraction of sp³-hybridized carbons (Fsp3) is 0.286. The summed E-state index contributed by atoms with van der Waals surface area (Å²) in [5.41, 5.74) is 0.574. The second kappa shape index (κ2) is 12.6.